The highest BCUT2D eigenvalue weighted by atomic mass is 35.5. The second kappa shape index (κ2) is 10.3. The third kappa shape index (κ3) is 5.78. The highest BCUT2D eigenvalue weighted by molar-refractivity contribution is 7.92. The lowest BCUT2D eigenvalue weighted by Crippen LogP contribution is -2.16. The van der Waals surface area contributed by atoms with Gasteiger partial charge in [0.05, 0.1) is 29.5 Å². The summed E-state index contributed by atoms with van der Waals surface area (Å²) in [5.41, 5.74) is 4.35. The average Bonchev–Trinajstić information content (AvgIpc) is 3.04. The van der Waals surface area contributed by atoms with Gasteiger partial charge in [0.25, 0.3) is 0 Å². The van der Waals surface area contributed by atoms with Crippen LogP contribution in [0.2, 0.25) is 5.02 Å². The molecule has 176 valence electrons. The van der Waals surface area contributed by atoms with Crippen LogP contribution in [0, 0.1) is 12.0 Å². The molecule has 0 bridgehead atoms. The van der Waals surface area contributed by atoms with Gasteiger partial charge >= 0.3 is 0 Å². The molecular formula is C24H25ClN6O2S. The van der Waals surface area contributed by atoms with Crippen molar-refractivity contribution in [2.24, 2.45) is 0 Å². The van der Waals surface area contributed by atoms with E-state index in [1.165, 1.54) is 17.3 Å². The van der Waals surface area contributed by atoms with Crippen molar-refractivity contribution in [3.8, 4) is 12.0 Å². The Morgan fingerprint density at radius 3 is 2.56 bits per heavy atom. The highest BCUT2D eigenvalue weighted by Crippen LogP contribution is 2.32. The molecule has 0 atom stereocenters. The zero-order valence-electron chi connectivity index (χ0n) is 18.9. The van der Waals surface area contributed by atoms with Gasteiger partial charge in [-0.15, -0.1) is 0 Å². The molecule has 8 nitrogen and oxygen atoms in total. The summed E-state index contributed by atoms with van der Waals surface area (Å²) in [5, 5.41) is 6.83. The molecule has 1 aromatic heterocycles. The summed E-state index contributed by atoms with van der Waals surface area (Å²) in [4.78, 5) is 10.7. The van der Waals surface area contributed by atoms with Gasteiger partial charge in [-0.1, -0.05) is 35.7 Å². The number of hydrogen-bond acceptors (Lipinski definition) is 7. The average molecular weight is 497 g/mol. The van der Waals surface area contributed by atoms with E-state index in [1.807, 2.05) is 6.07 Å². The first-order valence-corrected chi connectivity index (χ1v) is 13.0. The third-order valence-electron chi connectivity index (χ3n) is 5.22. The molecule has 0 radical (unpaired) electrons. The quantitative estimate of drug-likeness (QED) is 0.349. The van der Waals surface area contributed by atoms with Crippen LogP contribution >= 0.6 is 11.6 Å². The van der Waals surface area contributed by atoms with Crippen molar-refractivity contribution in [3.63, 3.8) is 0 Å². The molecule has 2 heterocycles. The SMILES string of the molecule is CC#CN(c1ccc2c(c1)CCNCC2)c1ncc(Cl)c(Nc2ccccc2NS(C)(=O)=O)n1. The van der Waals surface area contributed by atoms with E-state index in [1.54, 1.807) is 36.1 Å². The standard InChI is InChI=1S/C24H25ClN6O2S/c1-3-14-31(19-9-8-17-10-12-26-13-11-18(17)15-19)24-27-16-20(25)23(29-24)28-21-6-4-5-7-22(21)30-34(2,32)33/h4-9,15-16,26,30H,10-13H2,1-2H3,(H,27,28,29). The molecular weight excluding hydrogens is 472 g/mol. The van der Waals surface area contributed by atoms with Gasteiger partial charge in [0.1, 0.15) is 5.02 Å². The number of fused-ring (bicyclic) bond motifs is 1. The van der Waals surface area contributed by atoms with Gasteiger partial charge in [-0.25, -0.2) is 18.3 Å². The van der Waals surface area contributed by atoms with Gasteiger partial charge in [-0.3, -0.25) is 4.72 Å². The molecule has 2 aromatic carbocycles. The van der Waals surface area contributed by atoms with Crippen molar-refractivity contribution in [3.05, 3.63) is 64.8 Å². The van der Waals surface area contributed by atoms with Crippen LogP contribution in [0.15, 0.2) is 48.7 Å². The minimum Gasteiger partial charge on any atom is -0.337 e. The Kier molecular flexibility index (Phi) is 7.22. The van der Waals surface area contributed by atoms with Crippen molar-refractivity contribution in [1.29, 1.82) is 0 Å². The fourth-order valence-electron chi connectivity index (χ4n) is 3.70. The summed E-state index contributed by atoms with van der Waals surface area (Å²) in [5.74, 6) is 3.61. The van der Waals surface area contributed by atoms with Crippen molar-refractivity contribution in [2.45, 2.75) is 19.8 Å². The maximum atomic E-state index is 11.8. The largest absolute Gasteiger partial charge is 0.337 e. The van der Waals surface area contributed by atoms with E-state index < -0.39 is 10.0 Å². The van der Waals surface area contributed by atoms with E-state index in [0.717, 1.165) is 37.9 Å². The number of halogens is 1. The number of nitrogens with one attached hydrogen (secondary N) is 3. The van der Waals surface area contributed by atoms with E-state index in [9.17, 15) is 8.42 Å². The molecule has 10 heteroatoms. The molecule has 1 aliphatic rings. The van der Waals surface area contributed by atoms with E-state index in [-0.39, 0.29) is 5.02 Å². The predicted octanol–water partition coefficient (Wildman–Crippen LogP) is 4.05. The van der Waals surface area contributed by atoms with Crippen molar-refractivity contribution >= 4 is 50.5 Å². The lowest BCUT2D eigenvalue weighted by Gasteiger charge is -2.19. The fourth-order valence-corrected chi connectivity index (χ4v) is 4.42. The van der Waals surface area contributed by atoms with Crippen LogP contribution in [-0.4, -0.2) is 37.7 Å². The summed E-state index contributed by atoms with van der Waals surface area (Å²) < 4.78 is 26.0. The Balaban J connectivity index is 1.69. The number of nitrogens with zero attached hydrogens (tertiary/aromatic N) is 3. The van der Waals surface area contributed by atoms with Crippen LogP contribution in [-0.2, 0) is 22.9 Å². The topological polar surface area (TPSA) is 99.2 Å². The summed E-state index contributed by atoms with van der Waals surface area (Å²) in [6.45, 7) is 3.65. The van der Waals surface area contributed by atoms with E-state index in [4.69, 9.17) is 11.6 Å². The van der Waals surface area contributed by atoms with Gasteiger partial charge in [0.2, 0.25) is 16.0 Å². The van der Waals surface area contributed by atoms with Gasteiger partial charge in [-0.05, 0) is 68.2 Å². The molecule has 1 aliphatic heterocycles. The molecule has 0 fully saturated rings. The minimum absolute atomic E-state index is 0.287. The van der Waals surface area contributed by atoms with Crippen LogP contribution in [0.25, 0.3) is 0 Å². The maximum Gasteiger partial charge on any atom is 0.244 e. The first-order valence-electron chi connectivity index (χ1n) is 10.8. The number of rotatable bonds is 6. The van der Waals surface area contributed by atoms with Crippen LogP contribution in [0.3, 0.4) is 0 Å². The molecule has 3 aromatic rings. The summed E-state index contributed by atoms with van der Waals surface area (Å²) in [7, 11) is -3.46. The number of aromatic nitrogens is 2. The van der Waals surface area contributed by atoms with Crippen LogP contribution in [0.5, 0.6) is 0 Å². The summed E-state index contributed by atoms with van der Waals surface area (Å²) in [6, 6.07) is 16.2. The molecule has 0 spiro atoms. The number of para-hydroxylation sites is 2. The normalized spacial score (nSPS) is 13.1. The smallest absolute Gasteiger partial charge is 0.244 e. The van der Waals surface area contributed by atoms with Gasteiger partial charge in [-0.2, -0.15) is 4.98 Å². The Bertz CT molecular complexity index is 1370. The second-order valence-electron chi connectivity index (χ2n) is 7.81. The van der Waals surface area contributed by atoms with Crippen molar-refractivity contribution in [1.82, 2.24) is 15.3 Å². The molecule has 0 saturated heterocycles. The molecule has 4 rings (SSSR count). The van der Waals surface area contributed by atoms with E-state index in [0.29, 0.717) is 23.1 Å². The molecule has 0 aliphatic carbocycles. The monoisotopic (exact) mass is 496 g/mol. The van der Waals surface area contributed by atoms with Gasteiger partial charge in [0.15, 0.2) is 5.82 Å². The molecule has 34 heavy (non-hydrogen) atoms. The Labute approximate surface area is 204 Å². The van der Waals surface area contributed by atoms with Gasteiger partial charge in [0, 0.05) is 6.04 Å². The Morgan fingerprint density at radius 2 is 1.82 bits per heavy atom. The lowest BCUT2D eigenvalue weighted by atomic mass is 10.0. The Hall–Kier alpha value is -3.32. The molecule has 3 N–H and O–H groups in total. The number of anilines is 5. The maximum absolute atomic E-state index is 11.8. The summed E-state index contributed by atoms with van der Waals surface area (Å²) >= 11 is 6.38. The molecule has 0 unspecified atom stereocenters. The minimum atomic E-state index is -3.46. The number of hydrogen-bond donors (Lipinski definition) is 3. The third-order valence-corrected chi connectivity index (χ3v) is 6.09. The zero-order valence-corrected chi connectivity index (χ0v) is 20.5. The second-order valence-corrected chi connectivity index (χ2v) is 9.97. The van der Waals surface area contributed by atoms with Crippen LogP contribution in [0.1, 0.15) is 18.1 Å². The van der Waals surface area contributed by atoms with E-state index in [2.05, 4.69) is 49.4 Å². The molecule has 0 amide bonds. The van der Waals surface area contributed by atoms with Crippen LogP contribution in [0.4, 0.5) is 28.8 Å². The summed E-state index contributed by atoms with van der Waals surface area (Å²) in [6.07, 6.45) is 4.52. The fraction of sp³-hybridized carbons (Fsp3) is 0.250. The van der Waals surface area contributed by atoms with Crippen LogP contribution < -0.4 is 20.3 Å². The number of sulfonamides is 1. The number of benzene rings is 2. The van der Waals surface area contributed by atoms with E-state index >= 15 is 0 Å². The van der Waals surface area contributed by atoms with Crippen molar-refractivity contribution < 1.29 is 8.42 Å². The van der Waals surface area contributed by atoms with Gasteiger partial charge < -0.3 is 10.6 Å². The van der Waals surface area contributed by atoms with Crippen molar-refractivity contribution in [2.75, 3.05) is 34.3 Å². The Morgan fingerprint density at radius 1 is 1.09 bits per heavy atom. The first-order chi connectivity index (χ1) is 16.3. The molecule has 0 saturated carbocycles. The predicted molar refractivity (Wildman–Crippen MR) is 138 cm³/mol. The first kappa shape index (κ1) is 23.8. The zero-order chi connectivity index (χ0) is 24.1. The lowest BCUT2D eigenvalue weighted by molar-refractivity contribution is 0.607. The highest BCUT2D eigenvalue weighted by Gasteiger charge is 2.17.